The van der Waals surface area contributed by atoms with Crippen LogP contribution in [0.1, 0.15) is 50.3 Å². The summed E-state index contributed by atoms with van der Waals surface area (Å²) in [5.41, 5.74) is 2.20. The summed E-state index contributed by atoms with van der Waals surface area (Å²) in [7, 11) is -3.50. The Kier molecular flexibility index (Phi) is 12.9. The Morgan fingerprint density at radius 2 is 1.76 bits per heavy atom. The molecule has 0 radical (unpaired) electrons. The van der Waals surface area contributed by atoms with Crippen LogP contribution in [0.15, 0.2) is 79.3 Å². The highest BCUT2D eigenvalue weighted by Gasteiger charge is 2.33. The summed E-state index contributed by atoms with van der Waals surface area (Å²) >= 11 is 0. The molecule has 264 valence electrons. The quantitative estimate of drug-likeness (QED) is 0.164. The van der Waals surface area contributed by atoms with Crippen LogP contribution in [0.25, 0.3) is 10.8 Å². The van der Waals surface area contributed by atoms with Crippen LogP contribution in [0.2, 0.25) is 0 Å². The molecule has 0 saturated carbocycles. The van der Waals surface area contributed by atoms with Gasteiger partial charge in [0, 0.05) is 26.3 Å². The van der Waals surface area contributed by atoms with Crippen molar-refractivity contribution in [1.82, 2.24) is 19.8 Å². The van der Waals surface area contributed by atoms with Gasteiger partial charge in [0.25, 0.3) is 0 Å². The maximum atomic E-state index is 13.9. The lowest BCUT2D eigenvalue weighted by Gasteiger charge is -2.35. The lowest BCUT2D eigenvalue weighted by molar-refractivity contribution is -0.150. The van der Waals surface area contributed by atoms with E-state index in [0.717, 1.165) is 34.6 Å². The van der Waals surface area contributed by atoms with Crippen molar-refractivity contribution in [3.63, 3.8) is 0 Å². The molecule has 50 heavy (non-hydrogen) atoms. The molecule has 12 nitrogen and oxygen atoms in total. The molecule has 2 amide bonds. The number of fused-ring (bicyclic) bond motifs is 1. The summed E-state index contributed by atoms with van der Waals surface area (Å²) in [5, 5.41) is 24.4. The second kappa shape index (κ2) is 17.0. The average molecular weight is 701 g/mol. The molecule has 0 saturated heterocycles. The van der Waals surface area contributed by atoms with E-state index < -0.39 is 39.6 Å². The molecule has 0 fully saturated rings. The lowest BCUT2D eigenvalue weighted by Crippen LogP contribution is -2.52. The number of nitrogens with zero attached hydrogens (tertiary/aromatic N) is 5. The molecule has 1 heterocycles. The van der Waals surface area contributed by atoms with Crippen LogP contribution < -0.4 is 10.2 Å². The number of carboxylic acid groups (broad SMARTS) is 1. The Hall–Kier alpha value is -5.06. The van der Waals surface area contributed by atoms with Gasteiger partial charge in [-0.3, -0.25) is 14.5 Å². The predicted molar refractivity (Wildman–Crippen MR) is 192 cm³/mol. The standard InChI is InChI=1S/C37H44N6O6S/c1-5-26(2)34(43(27(3)44)35-21-40-25-41(35)23-29-15-13-28(19-38)14-16-29)20-39-22-36(45)42(33(37(46)47)17-18-50(4,48)49)24-31-11-8-10-30-9-6-7-12-32(30)31/h6-16,21,25-26,33-34,39H,5,17-18,20,22-24H2,1-4H3,(H,46,47)/t26-,33-,34+/m0/s1. The van der Waals surface area contributed by atoms with Crippen molar-refractivity contribution in [2.75, 3.05) is 30.0 Å². The largest absolute Gasteiger partial charge is 0.480 e. The molecular formula is C37H44N6O6S. The maximum Gasteiger partial charge on any atom is 0.326 e. The van der Waals surface area contributed by atoms with Crippen LogP contribution in [0.5, 0.6) is 0 Å². The Morgan fingerprint density at radius 1 is 1.06 bits per heavy atom. The summed E-state index contributed by atoms with van der Waals surface area (Å²) in [6, 6.07) is 20.7. The van der Waals surface area contributed by atoms with Gasteiger partial charge in [-0.25, -0.2) is 18.2 Å². The number of carbonyl (C=O) groups excluding carboxylic acids is 2. The van der Waals surface area contributed by atoms with Gasteiger partial charge < -0.3 is 19.9 Å². The number of sulfone groups is 1. The Balaban J connectivity index is 1.59. The Morgan fingerprint density at radius 3 is 2.40 bits per heavy atom. The van der Waals surface area contributed by atoms with Crippen LogP contribution in [-0.4, -0.2) is 82.9 Å². The number of carbonyl (C=O) groups is 3. The number of hydrogen-bond donors (Lipinski definition) is 2. The number of nitriles is 1. The van der Waals surface area contributed by atoms with E-state index in [2.05, 4.69) is 16.4 Å². The molecule has 0 bridgehead atoms. The molecule has 4 aromatic rings. The van der Waals surface area contributed by atoms with Gasteiger partial charge in [0.05, 0.1) is 49.0 Å². The molecule has 0 aliphatic carbocycles. The highest BCUT2D eigenvalue weighted by Crippen LogP contribution is 2.25. The Labute approximate surface area is 293 Å². The topological polar surface area (TPSA) is 166 Å². The third-order valence-corrected chi connectivity index (χ3v) is 9.92. The van der Waals surface area contributed by atoms with Gasteiger partial charge in [-0.2, -0.15) is 5.26 Å². The molecule has 0 aliphatic rings. The summed E-state index contributed by atoms with van der Waals surface area (Å²) < 4.78 is 25.9. The molecule has 4 rings (SSSR count). The van der Waals surface area contributed by atoms with Gasteiger partial charge in [-0.05, 0) is 46.4 Å². The highest BCUT2D eigenvalue weighted by atomic mass is 32.2. The summed E-state index contributed by atoms with van der Waals surface area (Å²) in [4.78, 5) is 47.0. The van der Waals surface area contributed by atoms with Gasteiger partial charge in [0.2, 0.25) is 11.8 Å². The van der Waals surface area contributed by atoms with E-state index in [0.29, 0.717) is 17.9 Å². The molecule has 0 aliphatic heterocycles. The number of aromatic nitrogens is 2. The van der Waals surface area contributed by atoms with Crippen molar-refractivity contribution >= 4 is 44.2 Å². The number of carboxylic acids is 1. The first-order valence-electron chi connectivity index (χ1n) is 16.5. The van der Waals surface area contributed by atoms with Crippen molar-refractivity contribution in [1.29, 1.82) is 5.26 Å². The molecular weight excluding hydrogens is 657 g/mol. The SMILES string of the molecule is CC[C@H](C)[C@@H](CNCC(=O)N(Cc1cccc2ccccc12)[C@@H](CCS(C)(=O)=O)C(=O)O)N(C(C)=O)c1cncn1Cc1ccc(C#N)cc1. The third kappa shape index (κ3) is 9.77. The second-order valence-corrected chi connectivity index (χ2v) is 14.9. The van der Waals surface area contributed by atoms with E-state index in [9.17, 15) is 27.9 Å². The zero-order valence-corrected chi connectivity index (χ0v) is 29.6. The van der Waals surface area contributed by atoms with Crippen molar-refractivity contribution in [2.45, 2.75) is 58.8 Å². The fourth-order valence-electron chi connectivity index (χ4n) is 6.05. The summed E-state index contributed by atoms with van der Waals surface area (Å²) in [5.74, 6) is -1.84. The van der Waals surface area contributed by atoms with E-state index in [1.54, 1.807) is 29.6 Å². The van der Waals surface area contributed by atoms with Gasteiger partial charge in [-0.15, -0.1) is 0 Å². The van der Waals surface area contributed by atoms with Gasteiger partial charge in [-0.1, -0.05) is 74.9 Å². The monoisotopic (exact) mass is 700 g/mol. The summed E-state index contributed by atoms with van der Waals surface area (Å²) in [6.45, 7) is 5.86. The van der Waals surface area contributed by atoms with Gasteiger partial charge >= 0.3 is 5.97 Å². The van der Waals surface area contributed by atoms with E-state index in [-0.39, 0.29) is 37.9 Å². The highest BCUT2D eigenvalue weighted by molar-refractivity contribution is 7.90. The first kappa shape index (κ1) is 37.8. The normalized spacial score (nSPS) is 13.3. The van der Waals surface area contributed by atoms with Crippen molar-refractivity contribution in [2.24, 2.45) is 5.92 Å². The average Bonchev–Trinajstić information content (AvgIpc) is 3.53. The van der Waals surface area contributed by atoms with E-state index >= 15 is 0 Å². The number of aliphatic carboxylic acids is 1. The van der Waals surface area contributed by atoms with E-state index in [4.69, 9.17) is 5.26 Å². The molecule has 0 spiro atoms. The number of anilines is 1. The minimum atomic E-state index is -3.50. The number of hydrogen-bond acceptors (Lipinski definition) is 8. The number of imidazole rings is 1. The van der Waals surface area contributed by atoms with Crippen LogP contribution in [0.4, 0.5) is 5.82 Å². The number of rotatable bonds is 17. The lowest BCUT2D eigenvalue weighted by atomic mass is 9.97. The second-order valence-electron chi connectivity index (χ2n) is 12.6. The van der Waals surface area contributed by atoms with Crippen molar-refractivity contribution < 1.29 is 27.9 Å². The molecule has 0 unspecified atom stereocenters. The zero-order valence-electron chi connectivity index (χ0n) is 28.8. The zero-order chi connectivity index (χ0) is 36.4. The minimum Gasteiger partial charge on any atom is -0.480 e. The van der Waals surface area contributed by atoms with Crippen LogP contribution in [-0.2, 0) is 37.3 Å². The van der Waals surface area contributed by atoms with E-state index in [1.165, 1.54) is 11.8 Å². The van der Waals surface area contributed by atoms with Crippen LogP contribution in [0.3, 0.4) is 0 Å². The third-order valence-electron chi connectivity index (χ3n) is 8.94. The molecule has 3 atom stereocenters. The molecule has 2 N–H and O–H groups in total. The first-order valence-corrected chi connectivity index (χ1v) is 18.5. The van der Waals surface area contributed by atoms with Gasteiger partial charge in [0.15, 0.2) is 0 Å². The fraction of sp³-hybridized carbons (Fsp3) is 0.378. The maximum absolute atomic E-state index is 13.9. The van der Waals surface area contributed by atoms with Crippen molar-refractivity contribution in [3.8, 4) is 6.07 Å². The number of nitrogens with one attached hydrogen (secondary N) is 1. The molecule has 13 heteroatoms. The minimum absolute atomic E-state index is 0.00641. The van der Waals surface area contributed by atoms with Crippen molar-refractivity contribution in [3.05, 3.63) is 95.9 Å². The summed E-state index contributed by atoms with van der Waals surface area (Å²) in [6.07, 6.45) is 4.77. The number of benzene rings is 3. The number of amides is 2. The first-order chi connectivity index (χ1) is 23.8. The van der Waals surface area contributed by atoms with E-state index in [1.807, 2.05) is 73.0 Å². The molecule has 3 aromatic carbocycles. The van der Waals surface area contributed by atoms with Crippen LogP contribution >= 0.6 is 0 Å². The van der Waals surface area contributed by atoms with Gasteiger partial charge in [0.1, 0.15) is 21.7 Å². The van der Waals surface area contributed by atoms with Crippen LogP contribution in [0, 0.1) is 17.2 Å². The molecule has 1 aromatic heterocycles. The smallest absolute Gasteiger partial charge is 0.326 e. The Bertz CT molecular complexity index is 1950. The predicted octanol–water partition coefficient (Wildman–Crippen LogP) is 4.23. The fourth-order valence-corrected chi connectivity index (χ4v) is 6.71.